The Hall–Kier alpha value is -4.62. The minimum absolute atomic E-state index is 0.0328. The number of morpholine rings is 1. The molecule has 0 aliphatic carbocycles. The highest BCUT2D eigenvalue weighted by Gasteiger charge is 2.30. The van der Waals surface area contributed by atoms with Gasteiger partial charge in [0.25, 0.3) is 5.91 Å². The van der Waals surface area contributed by atoms with Crippen LogP contribution in [-0.4, -0.2) is 102 Å². The summed E-state index contributed by atoms with van der Waals surface area (Å²) in [5, 5.41) is 3.08. The molecule has 7 rings (SSSR count). The van der Waals surface area contributed by atoms with Crippen molar-refractivity contribution in [2.75, 3.05) is 73.7 Å². The number of benzene rings is 1. The molecule has 6 heterocycles. The number of anilines is 4. The van der Waals surface area contributed by atoms with E-state index in [9.17, 15) is 4.79 Å². The number of rotatable bonds is 5. The van der Waals surface area contributed by atoms with E-state index in [0.717, 1.165) is 54.4 Å². The summed E-state index contributed by atoms with van der Waals surface area (Å²) in [6.45, 7) is 6.18. The molecule has 0 bridgehead atoms. The molecule has 3 N–H and O–H groups in total. The second-order valence-electron chi connectivity index (χ2n) is 10.5. The van der Waals surface area contributed by atoms with E-state index in [2.05, 4.69) is 35.0 Å². The lowest BCUT2D eigenvalue weighted by Crippen LogP contribution is -2.49. The number of aromatic nitrogens is 4. The minimum atomic E-state index is -0.457. The summed E-state index contributed by atoms with van der Waals surface area (Å²) >= 11 is 0. The summed E-state index contributed by atoms with van der Waals surface area (Å²) in [6, 6.07) is 9.65. The first-order valence-electron chi connectivity index (χ1n) is 14.3. The van der Waals surface area contributed by atoms with Crippen LogP contribution in [0, 0.1) is 0 Å². The molecule has 4 aliphatic rings. The molecule has 1 aromatic carbocycles. The van der Waals surface area contributed by atoms with Crippen LogP contribution in [0.2, 0.25) is 0 Å². The molecule has 13 heteroatoms. The number of aliphatic imine (C=N–C) groups is 1. The van der Waals surface area contributed by atoms with Crippen molar-refractivity contribution in [2.45, 2.75) is 12.7 Å². The van der Waals surface area contributed by atoms with Crippen LogP contribution < -0.4 is 25.8 Å². The van der Waals surface area contributed by atoms with Gasteiger partial charge in [0.05, 0.1) is 18.9 Å². The molecule has 216 valence electrons. The molecule has 1 atom stereocenters. The van der Waals surface area contributed by atoms with E-state index in [-0.39, 0.29) is 5.91 Å². The minimum Gasteiger partial charge on any atom is -0.378 e. The lowest BCUT2D eigenvalue weighted by atomic mass is 10.1. The van der Waals surface area contributed by atoms with Crippen LogP contribution in [0.1, 0.15) is 21.6 Å². The maximum Gasteiger partial charge on any atom is 0.253 e. The number of allylic oxidation sites excluding steroid dienone is 1. The molecule has 1 unspecified atom stereocenters. The first-order chi connectivity index (χ1) is 20.6. The summed E-state index contributed by atoms with van der Waals surface area (Å²) in [7, 11) is 0. The van der Waals surface area contributed by atoms with Crippen LogP contribution >= 0.6 is 0 Å². The molecule has 13 nitrogen and oxygen atoms in total. The number of nitrogens with two attached hydrogens (primary N) is 1. The predicted octanol–water partition coefficient (Wildman–Crippen LogP) is 1.02. The van der Waals surface area contributed by atoms with Crippen LogP contribution in [0.5, 0.6) is 0 Å². The Labute approximate surface area is 243 Å². The number of hydrogen-bond acceptors (Lipinski definition) is 12. The molecule has 0 radical (unpaired) electrons. The molecule has 4 aliphatic heterocycles. The lowest BCUT2D eigenvalue weighted by molar-refractivity contribution is 0.0746. The third-order valence-corrected chi connectivity index (χ3v) is 7.99. The number of nitrogens with one attached hydrogen (secondary N) is 1. The average molecular weight is 568 g/mol. The number of amides is 1. The van der Waals surface area contributed by atoms with Crippen molar-refractivity contribution in [1.82, 2.24) is 30.2 Å². The van der Waals surface area contributed by atoms with Gasteiger partial charge in [-0.1, -0.05) is 0 Å². The van der Waals surface area contributed by atoms with E-state index in [1.54, 1.807) is 24.7 Å². The van der Waals surface area contributed by atoms with Gasteiger partial charge in [0.1, 0.15) is 5.82 Å². The number of fused-ring (bicyclic) bond motifs is 1. The number of carbonyl (C=O) groups is 1. The summed E-state index contributed by atoms with van der Waals surface area (Å²) in [4.78, 5) is 44.7. The number of carbonyl (C=O) groups excluding carboxylic acids is 1. The Bertz CT molecular complexity index is 1500. The van der Waals surface area contributed by atoms with Gasteiger partial charge in [0, 0.05) is 93.0 Å². The van der Waals surface area contributed by atoms with Crippen LogP contribution in [0.3, 0.4) is 0 Å². The van der Waals surface area contributed by atoms with Crippen molar-refractivity contribution in [3.63, 3.8) is 0 Å². The third kappa shape index (κ3) is 5.12. The molecular weight excluding hydrogens is 534 g/mol. The Morgan fingerprint density at radius 2 is 1.64 bits per heavy atom. The maximum atomic E-state index is 13.3. The zero-order valence-electron chi connectivity index (χ0n) is 23.3. The van der Waals surface area contributed by atoms with Crippen LogP contribution in [0.4, 0.5) is 23.4 Å². The van der Waals surface area contributed by atoms with E-state index in [1.165, 1.54) is 0 Å². The summed E-state index contributed by atoms with van der Waals surface area (Å²) in [6.07, 6.45) is 7.47. The second kappa shape index (κ2) is 11.3. The van der Waals surface area contributed by atoms with Crippen LogP contribution in [0.25, 0.3) is 5.57 Å². The Morgan fingerprint density at radius 1 is 0.905 bits per heavy atom. The molecular formula is C29H33N11O2. The lowest BCUT2D eigenvalue weighted by Gasteiger charge is -2.34. The number of ether oxygens (including phenoxy) is 1. The third-order valence-electron chi connectivity index (χ3n) is 7.99. The van der Waals surface area contributed by atoms with Crippen LogP contribution in [-0.2, 0) is 11.2 Å². The van der Waals surface area contributed by atoms with E-state index in [1.807, 2.05) is 35.4 Å². The topological polar surface area (TPSA) is 141 Å². The second-order valence-corrected chi connectivity index (χ2v) is 10.5. The number of piperazine rings is 1. The average Bonchev–Trinajstić information content (AvgIpc) is 3.49. The van der Waals surface area contributed by atoms with Crippen molar-refractivity contribution in [3.05, 3.63) is 65.7 Å². The van der Waals surface area contributed by atoms with Crippen molar-refractivity contribution in [2.24, 2.45) is 10.7 Å². The van der Waals surface area contributed by atoms with Crippen molar-refractivity contribution in [3.8, 4) is 0 Å². The van der Waals surface area contributed by atoms with Crippen molar-refractivity contribution < 1.29 is 9.53 Å². The predicted molar refractivity (Wildman–Crippen MR) is 160 cm³/mol. The zero-order chi connectivity index (χ0) is 28.5. The highest BCUT2D eigenvalue weighted by atomic mass is 16.5. The van der Waals surface area contributed by atoms with Gasteiger partial charge in [-0.05, 0) is 36.8 Å². The summed E-state index contributed by atoms with van der Waals surface area (Å²) in [5.74, 6) is 2.29. The summed E-state index contributed by atoms with van der Waals surface area (Å²) in [5.41, 5.74) is 10.4. The fourth-order valence-electron chi connectivity index (χ4n) is 5.71. The fourth-order valence-corrected chi connectivity index (χ4v) is 5.71. The smallest absolute Gasteiger partial charge is 0.253 e. The van der Waals surface area contributed by atoms with Gasteiger partial charge in [-0.2, -0.15) is 4.98 Å². The van der Waals surface area contributed by atoms with Gasteiger partial charge in [-0.15, -0.1) is 0 Å². The Morgan fingerprint density at radius 3 is 2.36 bits per heavy atom. The van der Waals surface area contributed by atoms with E-state index in [0.29, 0.717) is 56.9 Å². The molecule has 2 aromatic heterocycles. The Kier molecular flexibility index (Phi) is 7.10. The molecule has 3 aromatic rings. The van der Waals surface area contributed by atoms with Gasteiger partial charge >= 0.3 is 0 Å². The quantitative estimate of drug-likeness (QED) is 0.456. The van der Waals surface area contributed by atoms with Crippen LogP contribution in [0.15, 0.2) is 53.9 Å². The molecule has 1 amide bonds. The standard InChI is InChI=1S/C29H33N11O2/c30-27-33-18-21(19-34-27)24-23-6-9-40(25(23)36-29(35-24)39-14-16-42-17-15-39)22-4-2-20(3-5-22)26(41)37-10-12-38(13-11-37)28-31-7-1-8-32-28/h1-5,7-8,18-19,27,33H,6,9-17,30H2. The largest absolute Gasteiger partial charge is 0.378 e. The molecule has 0 saturated carbocycles. The first-order valence-corrected chi connectivity index (χ1v) is 14.3. The number of nitrogens with zero attached hydrogens (tertiary/aromatic N) is 9. The van der Waals surface area contributed by atoms with Gasteiger partial charge in [-0.3, -0.25) is 15.5 Å². The molecule has 2 saturated heterocycles. The normalized spacial score (nSPS) is 20.3. The highest BCUT2D eigenvalue weighted by Crippen LogP contribution is 2.38. The molecule has 2 fully saturated rings. The highest BCUT2D eigenvalue weighted by molar-refractivity contribution is 6.10. The van der Waals surface area contributed by atoms with Gasteiger partial charge < -0.3 is 29.7 Å². The monoisotopic (exact) mass is 567 g/mol. The molecule has 0 spiro atoms. The van der Waals surface area contributed by atoms with Crippen molar-refractivity contribution in [1.29, 1.82) is 0 Å². The fraction of sp³-hybridized carbons (Fsp3) is 0.379. The van der Waals surface area contributed by atoms with Gasteiger partial charge in [0.2, 0.25) is 11.9 Å². The summed E-state index contributed by atoms with van der Waals surface area (Å²) < 4.78 is 5.56. The SMILES string of the molecule is NC1N=CC(c2nc(N3CCOCC3)nc3c2CCN3c2ccc(C(=O)N3CCN(c4ncccn4)CC3)cc2)=CN1. The first kappa shape index (κ1) is 26.3. The molecule has 42 heavy (non-hydrogen) atoms. The zero-order valence-corrected chi connectivity index (χ0v) is 23.3. The van der Waals surface area contributed by atoms with Gasteiger partial charge in [0.15, 0.2) is 6.29 Å². The maximum absolute atomic E-state index is 13.3. The van der Waals surface area contributed by atoms with E-state index in [4.69, 9.17) is 20.4 Å². The van der Waals surface area contributed by atoms with Crippen molar-refractivity contribution >= 4 is 41.1 Å². The van der Waals surface area contributed by atoms with E-state index >= 15 is 0 Å². The van der Waals surface area contributed by atoms with Gasteiger partial charge in [-0.25, -0.2) is 15.0 Å². The van der Waals surface area contributed by atoms with E-state index < -0.39 is 6.29 Å². The number of hydrogen-bond donors (Lipinski definition) is 2. The Balaban J connectivity index is 1.11.